The SMILES string of the molecule is CC=C1CC2CC1C=C2C(=CCC)C[SiH](Cl)Cl. The van der Waals surface area contributed by atoms with Crippen molar-refractivity contribution in [3.63, 3.8) is 0 Å². The van der Waals surface area contributed by atoms with Crippen LogP contribution in [0.15, 0.2) is 34.9 Å². The molecule has 0 aromatic carbocycles. The zero-order chi connectivity index (χ0) is 12.4. The maximum atomic E-state index is 6.07. The third-order valence-electron chi connectivity index (χ3n) is 3.88. The summed E-state index contributed by atoms with van der Waals surface area (Å²) in [4.78, 5) is 0. The van der Waals surface area contributed by atoms with Gasteiger partial charge in [0.15, 0.2) is 0 Å². The van der Waals surface area contributed by atoms with Crippen LogP contribution in [0, 0.1) is 11.8 Å². The minimum atomic E-state index is -1.54. The van der Waals surface area contributed by atoms with Crippen LogP contribution in [-0.2, 0) is 0 Å². The molecule has 2 aliphatic carbocycles. The fraction of sp³-hybridized carbons (Fsp3) is 0.571. The Balaban J connectivity index is 2.18. The fourth-order valence-electron chi connectivity index (χ4n) is 3.17. The van der Waals surface area contributed by atoms with E-state index in [-0.39, 0.29) is 0 Å². The first-order valence-corrected chi connectivity index (χ1v) is 10.8. The smallest absolute Gasteiger partial charge is 0.150 e. The molecule has 2 atom stereocenters. The van der Waals surface area contributed by atoms with Crippen molar-refractivity contribution in [3.8, 4) is 0 Å². The Hall–Kier alpha value is 0.0169. The molecule has 0 nitrogen and oxygen atoms in total. The quantitative estimate of drug-likeness (QED) is 0.390. The van der Waals surface area contributed by atoms with Crippen molar-refractivity contribution < 1.29 is 0 Å². The fourth-order valence-corrected chi connectivity index (χ4v) is 4.91. The van der Waals surface area contributed by atoms with Crippen molar-refractivity contribution in [1.82, 2.24) is 0 Å². The molecule has 0 N–H and O–H groups in total. The zero-order valence-electron chi connectivity index (χ0n) is 10.5. The Morgan fingerprint density at radius 2 is 2.29 bits per heavy atom. The van der Waals surface area contributed by atoms with E-state index in [0.29, 0.717) is 5.92 Å². The van der Waals surface area contributed by atoms with E-state index in [1.807, 2.05) is 0 Å². The third-order valence-corrected chi connectivity index (χ3v) is 5.56. The molecule has 2 rings (SSSR count). The van der Waals surface area contributed by atoms with E-state index >= 15 is 0 Å². The number of fused-ring (bicyclic) bond motifs is 2. The molecule has 0 saturated heterocycles. The predicted octanol–water partition coefficient (Wildman–Crippen LogP) is 4.93. The van der Waals surface area contributed by atoms with Crippen LogP contribution in [0.4, 0.5) is 0 Å². The summed E-state index contributed by atoms with van der Waals surface area (Å²) in [5.74, 6) is 1.44. The minimum absolute atomic E-state index is 0.700. The monoisotopic (exact) mass is 286 g/mol. The van der Waals surface area contributed by atoms with Crippen LogP contribution in [0.25, 0.3) is 0 Å². The van der Waals surface area contributed by atoms with Gasteiger partial charge in [-0.1, -0.05) is 30.7 Å². The van der Waals surface area contributed by atoms with Crippen LogP contribution in [0.1, 0.15) is 33.1 Å². The molecular formula is C14H20Cl2Si. The summed E-state index contributed by atoms with van der Waals surface area (Å²) in [5.41, 5.74) is 4.62. The number of halogens is 2. The molecule has 0 aliphatic heterocycles. The third kappa shape index (κ3) is 2.89. The lowest BCUT2D eigenvalue weighted by atomic mass is 9.90. The Kier molecular flexibility index (Phi) is 4.57. The highest BCUT2D eigenvalue weighted by Crippen LogP contribution is 2.50. The van der Waals surface area contributed by atoms with Gasteiger partial charge >= 0.3 is 0 Å². The van der Waals surface area contributed by atoms with E-state index in [1.54, 1.807) is 11.1 Å². The standard InChI is InChI=1S/C14H20Cl2Si/c1-3-5-11(9-17(15)16)14-8-12-7-13(14)6-10(12)4-2/h4-5,8,12-13,17H,3,6-7,9H2,1-2H3. The average Bonchev–Trinajstić information content (AvgIpc) is 2.86. The van der Waals surface area contributed by atoms with Crippen LogP contribution < -0.4 is 0 Å². The Morgan fingerprint density at radius 3 is 2.76 bits per heavy atom. The average molecular weight is 287 g/mol. The molecule has 17 heavy (non-hydrogen) atoms. The topological polar surface area (TPSA) is 0 Å². The van der Waals surface area contributed by atoms with E-state index in [2.05, 4.69) is 32.1 Å². The second-order valence-electron chi connectivity index (χ2n) is 4.96. The van der Waals surface area contributed by atoms with Gasteiger partial charge in [0.2, 0.25) is 7.42 Å². The zero-order valence-corrected chi connectivity index (χ0v) is 13.2. The molecule has 1 fully saturated rings. The molecule has 1 saturated carbocycles. The molecule has 2 unspecified atom stereocenters. The van der Waals surface area contributed by atoms with Gasteiger partial charge in [0.05, 0.1) is 0 Å². The molecule has 0 radical (unpaired) electrons. The van der Waals surface area contributed by atoms with Crippen molar-refractivity contribution in [3.05, 3.63) is 34.9 Å². The molecule has 2 bridgehead atoms. The lowest BCUT2D eigenvalue weighted by Gasteiger charge is -2.18. The van der Waals surface area contributed by atoms with Crippen LogP contribution in [0.2, 0.25) is 6.04 Å². The summed E-state index contributed by atoms with van der Waals surface area (Å²) in [6.07, 6.45) is 10.7. The summed E-state index contributed by atoms with van der Waals surface area (Å²) in [6.45, 7) is 4.34. The predicted molar refractivity (Wildman–Crippen MR) is 80.1 cm³/mol. The minimum Gasteiger partial charge on any atom is -0.150 e. The Labute approximate surface area is 115 Å². The van der Waals surface area contributed by atoms with Gasteiger partial charge in [-0.2, -0.15) is 0 Å². The summed E-state index contributed by atoms with van der Waals surface area (Å²) in [5, 5.41) is 0. The lowest BCUT2D eigenvalue weighted by molar-refractivity contribution is 0.667. The molecule has 0 aromatic rings. The largest absolute Gasteiger partial charge is 0.241 e. The Bertz CT molecular complexity index is 380. The van der Waals surface area contributed by atoms with Crippen LogP contribution in [0.3, 0.4) is 0 Å². The second kappa shape index (κ2) is 5.77. The molecule has 3 heteroatoms. The maximum Gasteiger partial charge on any atom is 0.241 e. The van der Waals surface area contributed by atoms with E-state index in [4.69, 9.17) is 22.2 Å². The van der Waals surface area contributed by atoms with Gasteiger partial charge in [-0.05, 0) is 55.2 Å². The number of hydrogen-bond acceptors (Lipinski definition) is 0. The number of rotatable bonds is 4. The second-order valence-corrected chi connectivity index (χ2v) is 9.98. The van der Waals surface area contributed by atoms with Crippen molar-refractivity contribution in [2.45, 2.75) is 39.2 Å². The first kappa shape index (κ1) is 13.4. The molecule has 0 spiro atoms. The highest BCUT2D eigenvalue weighted by atomic mass is 35.7. The first-order chi connectivity index (χ1) is 8.15. The van der Waals surface area contributed by atoms with Gasteiger partial charge in [-0.25, -0.2) is 0 Å². The van der Waals surface area contributed by atoms with E-state index in [1.165, 1.54) is 18.4 Å². The lowest BCUT2D eigenvalue weighted by Crippen LogP contribution is -2.05. The van der Waals surface area contributed by atoms with Crippen LogP contribution in [-0.4, -0.2) is 7.42 Å². The summed E-state index contributed by atoms with van der Waals surface area (Å²) >= 11 is 12.1. The summed E-state index contributed by atoms with van der Waals surface area (Å²) < 4.78 is 0. The van der Waals surface area contributed by atoms with Crippen LogP contribution in [0.5, 0.6) is 0 Å². The van der Waals surface area contributed by atoms with Gasteiger partial charge in [0, 0.05) is 0 Å². The normalized spacial score (nSPS) is 30.5. The molecule has 0 heterocycles. The van der Waals surface area contributed by atoms with Gasteiger partial charge in [0.25, 0.3) is 0 Å². The van der Waals surface area contributed by atoms with Crippen molar-refractivity contribution in [2.75, 3.05) is 0 Å². The van der Waals surface area contributed by atoms with Crippen molar-refractivity contribution >= 4 is 29.6 Å². The number of hydrogen-bond donors (Lipinski definition) is 0. The van der Waals surface area contributed by atoms with E-state index in [0.717, 1.165) is 18.4 Å². The van der Waals surface area contributed by atoms with Crippen molar-refractivity contribution in [1.29, 1.82) is 0 Å². The highest BCUT2D eigenvalue weighted by Gasteiger charge is 2.37. The number of allylic oxidation sites excluding steroid dienone is 6. The van der Waals surface area contributed by atoms with E-state index in [9.17, 15) is 0 Å². The molecule has 94 valence electrons. The van der Waals surface area contributed by atoms with Gasteiger partial charge in [-0.15, -0.1) is 22.2 Å². The highest BCUT2D eigenvalue weighted by molar-refractivity contribution is 7.34. The van der Waals surface area contributed by atoms with Crippen LogP contribution >= 0.6 is 22.2 Å². The van der Waals surface area contributed by atoms with E-state index < -0.39 is 7.42 Å². The summed E-state index contributed by atoms with van der Waals surface area (Å²) in [6, 6.07) is 0.928. The Morgan fingerprint density at radius 1 is 1.53 bits per heavy atom. The summed E-state index contributed by atoms with van der Waals surface area (Å²) in [7, 11) is -1.54. The molecule has 0 amide bonds. The van der Waals surface area contributed by atoms with Gasteiger partial charge in [0.1, 0.15) is 0 Å². The first-order valence-electron chi connectivity index (χ1n) is 6.50. The van der Waals surface area contributed by atoms with Gasteiger partial charge in [-0.3, -0.25) is 0 Å². The maximum absolute atomic E-state index is 6.07. The van der Waals surface area contributed by atoms with Crippen molar-refractivity contribution in [2.24, 2.45) is 11.8 Å². The molecule has 0 aromatic heterocycles. The van der Waals surface area contributed by atoms with Gasteiger partial charge < -0.3 is 0 Å². The molecule has 2 aliphatic rings. The molecular weight excluding hydrogens is 267 g/mol.